The number of piperidine rings is 1. The van der Waals surface area contributed by atoms with Crippen LogP contribution < -0.4 is 10.6 Å². The van der Waals surface area contributed by atoms with E-state index in [9.17, 15) is 14.4 Å². The first-order valence-electron chi connectivity index (χ1n) is 10.3. The molecular formula is C23H25N3O3S. The molecule has 2 heterocycles. The van der Waals surface area contributed by atoms with Crippen LogP contribution in [0.4, 0.5) is 5.69 Å². The number of nitrogens with zero attached hydrogens (tertiary/aromatic N) is 1. The molecule has 3 amide bonds. The number of fused-ring (bicyclic) bond motifs is 1. The zero-order valence-corrected chi connectivity index (χ0v) is 17.6. The Hall–Kier alpha value is -2.80. The van der Waals surface area contributed by atoms with Crippen molar-refractivity contribution < 1.29 is 14.4 Å². The molecule has 0 unspecified atom stereocenters. The first-order chi connectivity index (χ1) is 14.6. The van der Waals surface area contributed by atoms with Crippen LogP contribution in [0.3, 0.4) is 0 Å². The monoisotopic (exact) mass is 423 g/mol. The lowest BCUT2D eigenvalue weighted by Gasteiger charge is -2.26. The lowest BCUT2D eigenvalue weighted by Crippen LogP contribution is -2.35. The minimum absolute atomic E-state index is 0.0296. The van der Waals surface area contributed by atoms with Gasteiger partial charge in [0.15, 0.2) is 0 Å². The highest BCUT2D eigenvalue weighted by Crippen LogP contribution is 2.31. The summed E-state index contributed by atoms with van der Waals surface area (Å²) in [7, 11) is 0. The molecule has 1 fully saturated rings. The molecule has 1 saturated heterocycles. The number of nitrogens with one attached hydrogen (secondary N) is 2. The van der Waals surface area contributed by atoms with E-state index in [1.54, 1.807) is 23.9 Å². The van der Waals surface area contributed by atoms with Gasteiger partial charge in [-0.25, -0.2) is 0 Å². The van der Waals surface area contributed by atoms with E-state index in [1.165, 1.54) is 6.42 Å². The van der Waals surface area contributed by atoms with Gasteiger partial charge in [-0.05, 0) is 55.2 Å². The van der Waals surface area contributed by atoms with Crippen molar-refractivity contribution in [3.63, 3.8) is 0 Å². The molecule has 2 aliphatic rings. The van der Waals surface area contributed by atoms with Crippen LogP contribution in [-0.2, 0) is 11.3 Å². The Morgan fingerprint density at radius 2 is 1.73 bits per heavy atom. The van der Waals surface area contributed by atoms with Gasteiger partial charge in [0, 0.05) is 47.8 Å². The molecule has 7 heteroatoms. The normalized spacial score (nSPS) is 16.3. The van der Waals surface area contributed by atoms with E-state index < -0.39 is 0 Å². The van der Waals surface area contributed by atoms with E-state index in [-0.39, 0.29) is 17.7 Å². The molecule has 2 aromatic carbocycles. The number of carbonyl (C=O) groups is 3. The van der Waals surface area contributed by atoms with E-state index in [1.807, 2.05) is 35.2 Å². The summed E-state index contributed by atoms with van der Waals surface area (Å²) in [5.41, 5.74) is 2.81. The van der Waals surface area contributed by atoms with E-state index in [2.05, 4.69) is 10.6 Å². The summed E-state index contributed by atoms with van der Waals surface area (Å²) >= 11 is 1.61. The van der Waals surface area contributed by atoms with Crippen LogP contribution in [0.25, 0.3) is 0 Å². The lowest BCUT2D eigenvalue weighted by molar-refractivity contribution is -0.115. The summed E-state index contributed by atoms with van der Waals surface area (Å²) in [5.74, 6) is 0.587. The Morgan fingerprint density at radius 1 is 1.00 bits per heavy atom. The van der Waals surface area contributed by atoms with Crippen LogP contribution in [-0.4, -0.2) is 41.5 Å². The second kappa shape index (κ2) is 9.34. The molecule has 2 N–H and O–H groups in total. The maximum Gasteiger partial charge on any atom is 0.253 e. The number of likely N-dealkylation sites (tertiary alicyclic amines) is 1. The maximum atomic E-state index is 12.6. The molecule has 0 spiro atoms. The third-order valence-corrected chi connectivity index (χ3v) is 6.48. The second-order valence-corrected chi connectivity index (χ2v) is 8.73. The van der Waals surface area contributed by atoms with Gasteiger partial charge in [0.05, 0.1) is 5.69 Å². The number of anilines is 1. The van der Waals surface area contributed by atoms with Gasteiger partial charge < -0.3 is 15.5 Å². The average Bonchev–Trinajstić information content (AvgIpc) is 2.97. The summed E-state index contributed by atoms with van der Waals surface area (Å²) in [5, 5.41) is 5.77. The maximum absolute atomic E-state index is 12.6. The molecule has 0 radical (unpaired) electrons. The first-order valence-corrected chi connectivity index (χ1v) is 11.3. The van der Waals surface area contributed by atoms with Crippen LogP contribution in [0.5, 0.6) is 0 Å². The highest BCUT2D eigenvalue weighted by Gasteiger charge is 2.18. The van der Waals surface area contributed by atoms with Gasteiger partial charge in [0.1, 0.15) is 0 Å². The van der Waals surface area contributed by atoms with Gasteiger partial charge in [0.2, 0.25) is 5.91 Å². The number of hydrogen-bond acceptors (Lipinski definition) is 4. The Balaban J connectivity index is 1.36. The number of carbonyl (C=O) groups excluding carboxylic acids is 3. The van der Waals surface area contributed by atoms with Gasteiger partial charge in [-0.1, -0.05) is 12.1 Å². The second-order valence-electron chi connectivity index (χ2n) is 7.59. The van der Waals surface area contributed by atoms with Gasteiger partial charge >= 0.3 is 0 Å². The van der Waals surface area contributed by atoms with Crippen molar-refractivity contribution in [2.75, 3.05) is 24.2 Å². The standard InChI is InChI=1S/C23H25N3O3S/c27-21-10-13-30-20-9-8-18(14-19(20)25-21)22(28)24-15-16-4-6-17(7-5-16)23(29)26-11-2-1-3-12-26/h4-9,14H,1-3,10-13,15H2,(H,24,28)(H,25,27). The summed E-state index contributed by atoms with van der Waals surface area (Å²) in [4.78, 5) is 39.8. The molecule has 0 aliphatic carbocycles. The predicted molar refractivity (Wildman–Crippen MR) is 118 cm³/mol. The highest BCUT2D eigenvalue weighted by atomic mass is 32.2. The predicted octanol–water partition coefficient (Wildman–Crippen LogP) is 3.68. The van der Waals surface area contributed by atoms with Gasteiger partial charge in [0.25, 0.3) is 11.8 Å². The molecule has 6 nitrogen and oxygen atoms in total. The zero-order valence-electron chi connectivity index (χ0n) is 16.8. The molecule has 156 valence electrons. The van der Waals surface area contributed by atoms with Crippen LogP contribution in [0.15, 0.2) is 47.4 Å². The van der Waals surface area contributed by atoms with Crippen molar-refractivity contribution in [2.24, 2.45) is 0 Å². The number of benzene rings is 2. The topological polar surface area (TPSA) is 78.5 Å². The molecule has 0 atom stereocenters. The minimum Gasteiger partial charge on any atom is -0.348 e. The van der Waals surface area contributed by atoms with Crippen LogP contribution in [0.1, 0.15) is 52.0 Å². The summed E-state index contributed by atoms with van der Waals surface area (Å²) < 4.78 is 0. The number of hydrogen-bond donors (Lipinski definition) is 2. The van der Waals surface area contributed by atoms with Gasteiger partial charge in [-0.15, -0.1) is 11.8 Å². The smallest absolute Gasteiger partial charge is 0.253 e. The molecule has 0 aromatic heterocycles. The summed E-state index contributed by atoms with van der Waals surface area (Å²) in [6.45, 7) is 2.03. The van der Waals surface area contributed by atoms with Crippen molar-refractivity contribution in [2.45, 2.75) is 37.1 Å². The Bertz CT molecular complexity index is 953. The Labute approximate surface area is 180 Å². The summed E-state index contributed by atoms with van der Waals surface area (Å²) in [6.07, 6.45) is 3.80. The third-order valence-electron chi connectivity index (χ3n) is 5.40. The quantitative estimate of drug-likeness (QED) is 0.786. The lowest BCUT2D eigenvalue weighted by atomic mass is 10.1. The van der Waals surface area contributed by atoms with Gasteiger partial charge in [-0.2, -0.15) is 0 Å². The fraction of sp³-hybridized carbons (Fsp3) is 0.348. The zero-order chi connectivity index (χ0) is 20.9. The Morgan fingerprint density at radius 3 is 2.50 bits per heavy atom. The largest absolute Gasteiger partial charge is 0.348 e. The van der Waals surface area contributed by atoms with Crippen molar-refractivity contribution in [1.82, 2.24) is 10.2 Å². The molecular weight excluding hydrogens is 398 g/mol. The highest BCUT2D eigenvalue weighted by molar-refractivity contribution is 7.99. The van der Waals surface area contributed by atoms with Gasteiger partial charge in [-0.3, -0.25) is 14.4 Å². The molecule has 2 aliphatic heterocycles. The molecule has 2 aromatic rings. The number of rotatable bonds is 4. The molecule has 0 saturated carbocycles. The molecule has 4 rings (SSSR count). The fourth-order valence-corrected chi connectivity index (χ4v) is 4.63. The van der Waals surface area contributed by atoms with E-state index in [0.29, 0.717) is 29.8 Å². The molecule has 0 bridgehead atoms. The van der Waals surface area contributed by atoms with E-state index >= 15 is 0 Å². The van der Waals surface area contributed by atoms with Crippen molar-refractivity contribution in [1.29, 1.82) is 0 Å². The molecule has 30 heavy (non-hydrogen) atoms. The third kappa shape index (κ3) is 4.84. The van der Waals surface area contributed by atoms with Crippen molar-refractivity contribution in [3.05, 3.63) is 59.2 Å². The SMILES string of the molecule is O=C1CCSc2ccc(C(=O)NCc3ccc(C(=O)N4CCCCC4)cc3)cc2N1. The first kappa shape index (κ1) is 20.5. The van der Waals surface area contributed by atoms with Crippen LogP contribution in [0.2, 0.25) is 0 Å². The fourth-order valence-electron chi connectivity index (χ4n) is 3.69. The average molecular weight is 424 g/mol. The van der Waals surface area contributed by atoms with E-state index in [4.69, 9.17) is 0 Å². The number of thioether (sulfide) groups is 1. The minimum atomic E-state index is -0.199. The van der Waals surface area contributed by atoms with E-state index in [0.717, 1.165) is 42.1 Å². The van der Waals surface area contributed by atoms with Crippen molar-refractivity contribution >= 4 is 35.2 Å². The van der Waals surface area contributed by atoms with Crippen molar-refractivity contribution in [3.8, 4) is 0 Å². The summed E-state index contributed by atoms with van der Waals surface area (Å²) in [6, 6.07) is 12.8. The van der Waals surface area contributed by atoms with Crippen LogP contribution >= 0.6 is 11.8 Å². The Kier molecular flexibility index (Phi) is 6.38. The van der Waals surface area contributed by atoms with Crippen LogP contribution in [0, 0.1) is 0 Å². The number of amides is 3.